The third-order valence-corrected chi connectivity index (χ3v) is 2.97. The van der Waals surface area contributed by atoms with Gasteiger partial charge in [-0.15, -0.1) is 0 Å². The van der Waals surface area contributed by atoms with Crippen LogP contribution in [0.2, 0.25) is 0 Å². The molecule has 2 heteroatoms. The topological polar surface area (TPSA) is 18.5 Å². The van der Waals surface area contributed by atoms with Gasteiger partial charge in [0.2, 0.25) is 0 Å². The first-order valence-electron chi connectivity index (χ1n) is 6.51. The minimum absolute atomic E-state index is 0.0370. The molecular formula is C13H26O2. The third-order valence-electron chi connectivity index (χ3n) is 2.97. The molecule has 0 aromatic carbocycles. The summed E-state index contributed by atoms with van der Waals surface area (Å²) in [5, 5.41) is 0. The predicted molar refractivity (Wildman–Crippen MR) is 62.8 cm³/mol. The molecule has 2 atom stereocenters. The van der Waals surface area contributed by atoms with Gasteiger partial charge in [-0.25, -0.2) is 0 Å². The largest absolute Gasteiger partial charge is 0.352 e. The summed E-state index contributed by atoms with van der Waals surface area (Å²) in [4.78, 5) is 0. The molecule has 15 heavy (non-hydrogen) atoms. The van der Waals surface area contributed by atoms with Crippen molar-refractivity contribution in [3.63, 3.8) is 0 Å². The Morgan fingerprint density at radius 3 is 2.67 bits per heavy atom. The number of unbranched alkanes of at least 4 members (excludes halogenated alkanes) is 3. The van der Waals surface area contributed by atoms with Gasteiger partial charge in [0, 0.05) is 5.92 Å². The van der Waals surface area contributed by atoms with Crippen LogP contribution in [0.15, 0.2) is 0 Å². The molecule has 0 bridgehead atoms. The maximum absolute atomic E-state index is 5.91. The second-order valence-corrected chi connectivity index (χ2v) is 4.88. The Bertz CT molecular complexity index is 157. The van der Waals surface area contributed by atoms with E-state index < -0.39 is 0 Å². The number of ether oxygens (including phenoxy) is 2. The van der Waals surface area contributed by atoms with Crippen molar-refractivity contribution in [2.45, 2.75) is 71.7 Å². The van der Waals surface area contributed by atoms with Gasteiger partial charge >= 0.3 is 0 Å². The lowest BCUT2D eigenvalue weighted by molar-refractivity contribution is -0.231. The summed E-state index contributed by atoms with van der Waals surface area (Å²) < 4.78 is 11.5. The molecule has 2 nitrogen and oxygen atoms in total. The van der Waals surface area contributed by atoms with Crippen LogP contribution in [-0.2, 0) is 9.47 Å². The SMILES string of the molecule is CCCCCC[C@H]1CCOC(C(C)C)O1. The molecule has 1 rings (SSSR count). The van der Waals surface area contributed by atoms with E-state index in [9.17, 15) is 0 Å². The lowest BCUT2D eigenvalue weighted by Gasteiger charge is -2.32. The summed E-state index contributed by atoms with van der Waals surface area (Å²) >= 11 is 0. The van der Waals surface area contributed by atoms with Crippen LogP contribution >= 0.6 is 0 Å². The van der Waals surface area contributed by atoms with E-state index in [2.05, 4.69) is 20.8 Å². The van der Waals surface area contributed by atoms with E-state index in [1.54, 1.807) is 0 Å². The highest BCUT2D eigenvalue weighted by Gasteiger charge is 2.24. The smallest absolute Gasteiger partial charge is 0.160 e. The molecule has 0 aliphatic carbocycles. The van der Waals surface area contributed by atoms with E-state index in [1.165, 1.54) is 32.1 Å². The summed E-state index contributed by atoms with van der Waals surface area (Å²) in [7, 11) is 0. The summed E-state index contributed by atoms with van der Waals surface area (Å²) in [6.07, 6.45) is 8.10. The van der Waals surface area contributed by atoms with Crippen LogP contribution in [-0.4, -0.2) is 19.0 Å². The Labute approximate surface area is 94.3 Å². The van der Waals surface area contributed by atoms with E-state index >= 15 is 0 Å². The fourth-order valence-corrected chi connectivity index (χ4v) is 1.97. The Kier molecular flexibility index (Phi) is 6.26. The number of rotatable bonds is 6. The predicted octanol–water partition coefficient (Wildman–Crippen LogP) is 3.74. The molecule has 90 valence electrons. The van der Waals surface area contributed by atoms with Crippen molar-refractivity contribution in [2.75, 3.05) is 6.61 Å². The fourth-order valence-electron chi connectivity index (χ4n) is 1.97. The second kappa shape index (κ2) is 7.24. The average Bonchev–Trinajstić information content (AvgIpc) is 2.25. The van der Waals surface area contributed by atoms with Gasteiger partial charge < -0.3 is 9.47 Å². The van der Waals surface area contributed by atoms with E-state index in [4.69, 9.17) is 9.47 Å². The summed E-state index contributed by atoms with van der Waals surface area (Å²) in [5.41, 5.74) is 0. The Balaban J connectivity index is 2.13. The normalized spacial score (nSPS) is 27.2. The number of hydrogen-bond donors (Lipinski definition) is 0. The molecule has 0 aromatic heterocycles. The van der Waals surface area contributed by atoms with Crippen molar-refractivity contribution in [3.8, 4) is 0 Å². The van der Waals surface area contributed by atoms with E-state index in [-0.39, 0.29) is 6.29 Å². The molecule has 0 amide bonds. The molecule has 0 radical (unpaired) electrons. The van der Waals surface area contributed by atoms with Crippen LogP contribution in [0.3, 0.4) is 0 Å². The standard InChI is InChI=1S/C13H26O2/c1-4-5-6-7-8-12-9-10-14-13(15-12)11(2)3/h11-13H,4-10H2,1-3H3/t12-,13?/m0/s1. The molecule has 1 aliphatic heterocycles. The van der Waals surface area contributed by atoms with Gasteiger partial charge in [0.25, 0.3) is 0 Å². The monoisotopic (exact) mass is 214 g/mol. The van der Waals surface area contributed by atoms with Gasteiger partial charge in [-0.2, -0.15) is 0 Å². The van der Waals surface area contributed by atoms with Crippen LogP contribution in [0.4, 0.5) is 0 Å². The molecule has 0 aromatic rings. The van der Waals surface area contributed by atoms with Crippen LogP contribution < -0.4 is 0 Å². The minimum atomic E-state index is 0.0370. The molecule has 0 N–H and O–H groups in total. The van der Waals surface area contributed by atoms with Crippen LogP contribution in [0.25, 0.3) is 0 Å². The highest BCUT2D eigenvalue weighted by atomic mass is 16.7. The molecular weight excluding hydrogens is 188 g/mol. The zero-order valence-electron chi connectivity index (χ0n) is 10.5. The first kappa shape index (κ1) is 13.0. The highest BCUT2D eigenvalue weighted by molar-refractivity contribution is 4.66. The minimum Gasteiger partial charge on any atom is -0.352 e. The van der Waals surface area contributed by atoms with E-state index in [1.807, 2.05) is 0 Å². The molecule has 1 unspecified atom stereocenters. The van der Waals surface area contributed by atoms with Crippen molar-refractivity contribution in [3.05, 3.63) is 0 Å². The average molecular weight is 214 g/mol. The quantitative estimate of drug-likeness (QED) is 0.627. The molecule has 1 heterocycles. The van der Waals surface area contributed by atoms with Crippen molar-refractivity contribution in [1.29, 1.82) is 0 Å². The zero-order chi connectivity index (χ0) is 11.1. The third kappa shape index (κ3) is 4.98. The van der Waals surface area contributed by atoms with Gasteiger partial charge in [0.15, 0.2) is 6.29 Å². The lowest BCUT2D eigenvalue weighted by Crippen LogP contribution is -2.35. The van der Waals surface area contributed by atoms with Crippen molar-refractivity contribution >= 4 is 0 Å². The Hall–Kier alpha value is -0.0800. The number of hydrogen-bond acceptors (Lipinski definition) is 2. The van der Waals surface area contributed by atoms with Crippen LogP contribution in [0.5, 0.6) is 0 Å². The molecule has 1 fully saturated rings. The zero-order valence-corrected chi connectivity index (χ0v) is 10.5. The van der Waals surface area contributed by atoms with Gasteiger partial charge in [-0.3, -0.25) is 0 Å². The second-order valence-electron chi connectivity index (χ2n) is 4.88. The first-order valence-corrected chi connectivity index (χ1v) is 6.51. The van der Waals surface area contributed by atoms with Gasteiger partial charge in [0.05, 0.1) is 12.7 Å². The van der Waals surface area contributed by atoms with Crippen LogP contribution in [0.1, 0.15) is 59.3 Å². The van der Waals surface area contributed by atoms with Crippen molar-refractivity contribution < 1.29 is 9.47 Å². The summed E-state index contributed by atoms with van der Waals surface area (Å²) in [6, 6.07) is 0. The first-order chi connectivity index (χ1) is 7.24. The van der Waals surface area contributed by atoms with Crippen molar-refractivity contribution in [1.82, 2.24) is 0 Å². The van der Waals surface area contributed by atoms with E-state index in [0.717, 1.165) is 13.0 Å². The lowest BCUT2D eigenvalue weighted by atomic mass is 10.1. The molecule has 1 saturated heterocycles. The van der Waals surface area contributed by atoms with Gasteiger partial charge in [-0.05, 0) is 12.8 Å². The highest BCUT2D eigenvalue weighted by Crippen LogP contribution is 2.22. The maximum Gasteiger partial charge on any atom is 0.160 e. The maximum atomic E-state index is 5.91. The van der Waals surface area contributed by atoms with Gasteiger partial charge in [-0.1, -0.05) is 46.5 Å². The van der Waals surface area contributed by atoms with E-state index in [0.29, 0.717) is 12.0 Å². The van der Waals surface area contributed by atoms with Gasteiger partial charge in [0.1, 0.15) is 0 Å². The summed E-state index contributed by atoms with van der Waals surface area (Å²) in [6.45, 7) is 7.44. The molecule has 0 spiro atoms. The Morgan fingerprint density at radius 2 is 2.00 bits per heavy atom. The molecule has 1 aliphatic rings. The Morgan fingerprint density at radius 1 is 1.20 bits per heavy atom. The fraction of sp³-hybridized carbons (Fsp3) is 1.00. The summed E-state index contributed by atoms with van der Waals surface area (Å²) in [5.74, 6) is 0.475. The molecule has 0 saturated carbocycles. The van der Waals surface area contributed by atoms with Crippen molar-refractivity contribution in [2.24, 2.45) is 5.92 Å². The van der Waals surface area contributed by atoms with Crippen LogP contribution in [0, 0.1) is 5.92 Å².